The highest BCUT2D eigenvalue weighted by atomic mass is 16.7. The van der Waals surface area contributed by atoms with Crippen molar-refractivity contribution in [3.05, 3.63) is 59.7 Å². The second kappa shape index (κ2) is 21.6. The van der Waals surface area contributed by atoms with Gasteiger partial charge in [-0.3, -0.25) is 0 Å². The third-order valence-electron chi connectivity index (χ3n) is 9.21. The monoisotopic (exact) mass is 642 g/mol. The second-order valence-corrected chi connectivity index (χ2v) is 12.6. The van der Waals surface area contributed by atoms with E-state index in [1.807, 2.05) is 12.1 Å². The lowest BCUT2D eigenvalue weighted by molar-refractivity contribution is -0.165. The molecule has 0 bridgehead atoms. The first-order valence-electron chi connectivity index (χ1n) is 17.8. The van der Waals surface area contributed by atoms with Gasteiger partial charge in [0.1, 0.15) is 24.7 Å². The van der Waals surface area contributed by atoms with Crippen molar-refractivity contribution in [1.82, 2.24) is 0 Å². The number of aliphatic hydroxyl groups excluding tert-OH is 2. The minimum Gasteiger partial charge on any atom is -0.491 e. The standard InChI is InChI=1S/C22H34O4.C16H24O4/c1-2-14-23-20-10-6-18(7-11-20)19-8-12-21(13-9-19)24-16-17-26-22-5-3-4-15-25-22;17-9-11-19-15-5-1-13(2-6-15)14-3-7-16(8-4-14)20-12-10-18/h8-9,12-13,18,20,22H,2-7,10-11,14-17H2,1H3;1-2,5-6,14,16-18H,3-4,7-12H2. The van der Waals surface area contributed by atoms with Crippen LogP contribution in [0.1, 0.15) is 107 Å². The fraction of sp³-hybridized carbons (Fsp3) is 0.684. The Hall–Kier alpha value is -2.20. The molecule has 1 unspecified atom stereocenters. The van der Waals surface area contributed by atoms with Gasteiger partial charge >= 0.3 is 0 Å². The lowest BCUT2D eigenvalue weighted by Gasteiger charge is -2.29. The van der Waals surface area contributed by atoms with Crippen molar-refractivity contribution in [3.63, 3.8) is 0 Å². The van der Waals surface area contributed by atoms with E-state index in [4.69, 9.17) is 38.6 Å². The minimum atomic E-state index is -0.0360. The molecule has 3 aliphatic rings. The van der Waals surface area contributed by atoms with Crippen LogP contribution in [-0.4, -0.2) is 81.6 Å². The molecular weight excluding hydrogens is 584 g/mol. The third kappa shape index (κ3) is 13.1. The van der Waals surface area contributed by atoms with E-state index < -0.39 is 0 Å². The summed E-state index contributed by atoms with van der Waals surface area (Å²) in [5.74, 6) is 2.98. The summed E-state index contributed by atoms with van der Waals surface area (Å²) in [6.45, 7) is 5.98. The molecule has 1 aliphatic heterocycles. The molecule has 1 atom stereocenters. The molecule has 2 aliphatic carbocycles. The molecule has 0 aromatic heterocycles. The zero-order chi connectivity index (χ0) is 32.2. The SMILES string of the molecule is CCCOC1CCC(c2ccc(OCCOC3CCCCO3)cc2)CC1.OCCOc1ccc(C2CCC(OCCO)CC2)cc1. The minimum absolute atomic E-state index is 0.0360. The summed E-state index contributed by atoms with van der Waals surface area (Å²) in [5, 5.41) is 17.5. The van der Waals surface area contributed by atoms with Crippen LogP contribution in [0.3, 0.4) is 0 Å². The smallest absolute Gasteiger partial charge is 0.157 e. The Labute approximate surface area is 276 Å². The third-order valence-corrected chi connectivity index (χ3v) is 9.21. The largest absolute Gasteiger partial charge is 0.491 e. The van der Waals surface area contributed by atoms with Crippen molar-refractivity contribution in [2.75, 3.05) is 52.9 Å². The van der Waals surface area contributed by atoms with E-state index >= 15 is 0 Å². The van der Waals surface area contributed by atoms with Crippen LogP contribution in [0.5, 0.6) is 11.5 Å². The van der Waals surface area contributed by atoms with Gasteiger partial charge in [-0.2, -0.15) is 0 Å². The van der Waals surface area contributed by atoms with Gasteiger partial charge in [0.05, 0.1) is 38.6 Å². The predicted octanol–water partition coefficient (Wildman–Crippen LogP) is 7.15. The second-order valence-electron chi connectivity index (χ2n) is 12.6. The molecule has 8 nitrogen and oxygen atoms in total. The van der Waals surface area contributed by atoms with Crippen molar-refractivity contribution in [2.24, 2.45) is 0 Å². The average molecular weight is 643 g/mol. The first-order valence-corrected chi connectivity index (χ1v) is 17.8. The van der Waals surface area contributed by atoms with Crippen LogP contribution in [0.15, 0.2) is 48.5 Å². The maximum Gasteiger partial charge on any atom is 0.157 e. The molecule has 1 saturated heterocycles. The van der Waals surface area contributed by atoms with E-state index in [-0.39, 0.29) is 19.5 Å². The molecule has 8 heteroatoms. The molecular formula is C38H58O8. The number of aliphatic hydroxyl groups is 2. The zero-order valence-corrected chi connectivity index (χ0v) is 28.0. The van der Waals surface area contributed by atoms with Crippen LogP contribution in [0, 0.1) is 0 Å². The fourth-order valence-corrected chi connectivity index (χ4v) is 6.65. The van der Waals surface area contributed by atoms with Crippen LogP contribution in [0.2, 0.25) is 0 Å². The van der Waals surface area contributed by atoms with E-state index in [0.717, 1.165) is 69.7 Å². The summed E-state index contributed by atoms with van der Waals surface area (Å²) in [6.07, 6.45) is 14.4. The summed E-state index contributed by atoms with van der Waals surface area (Å²) >= 11 is 0. The topological polar surface area (TPSA) is 95.8 Å². The van der Waals surface area contributed by atoms with E-state index in [9.17, 15) is 0 Å². The summed E-state index contributed by atoms with van der Waals surface area (Å²) in [5.41, 5.74) is 2.78. The van der Waals surface area contributed by atoms with Gasteiger partial charge in [0.15, 0.2) is 6.29 Å². The molecule has 3 fully saturated rings. The molecule has 1 heterocycles. The van der Waals surface area contributed by atoms with Crippen LogP contribution >= 0.6 is 0 Å². The fourth-order valence-electron chi connectivity index (χ4n) is 6.65. The summed E-state index contributed by atoms with van der Waals surface area (Å²) in [7, 11) is 0. The number of hydrogen-bond donors (Lipinski definition) is 2. The Morgan fingerprint density at radius 2 is 1.09 bits per heavy atom. The van der Waals surface area contributed by atoms with Gasteiger partial charge in [-0.25, -0.2) is 0 Å². The molecule has 258 valence electrons. The van der Waals surface area contributed by atoms with Gasteiger partial charge in [0, 0.05) is 13.2 Å². The van der Waals surface area contributed by atoms with Gasteiger partial charge in [-0.05, 0) is 124 Å². The zero-order valence-electron chi connectivity index (χ0n) is 28.0. The van der Waals surface area contributed by atoms with Gasteiger partial charge in [0.25, 0.3) is 0 Å². The first-order chi connectivity index (χ1) is 22.7. The lowest BCUT2D eigenvalue weighted by atomic mass is 9.83. The molecule has 2 saturated carbocycles. The van der Waals surface area contributed by atoms with Crippen molar-refractivity contribution in [3.8, 4) is 11.5 Å². The van der Waals surface area contributed by atoms with E-state index in [0.29, 0.717) is 50.5 Å². The van der Waals surface area contributed by atoms with E-state index in [2.05, 4.69) is 43.3 Å². The Balaban J connectivity index is 0.000000216. The van der Waals surface area contributed by atoms with Crippen molar-refractivity contribution < 1.29 is 38.6 Å². The highest BCUT2D eigenvalue weighted by molar-refractivity contribution is 5.30. The summed E-state index contributed by atoms with van der Waals surface area (Å²) in [6, 6.07) is 16.8. The Bertz CT molecular complexity index is 1020. The summed E-state index contributed by atoms with van der Waals surface area (Å²) < 4.78 is 33.9. The quantitative estimate of drug-likeness (QED) is 0.186. The van der Waals surface area contributed by atoms with Crippen molar-refractivity contribution in [2.45, 2.75) is 114 Å². The number of rotatable bonds is 16. The van der Waals surface area contributed by atoms with Gasteiger partial charge in [0.2, 0.25) is 0 Å². The molecule has 0 radical (unpaired) electrons. The van der Waals surface area contributed by atoms with Crippen molar-refractivity contribution in [1.29, 1.82) is 0 Å². The maximum atomic E-state index is 8.76. The summed E-state index contributed by atoms with van der Waals surface area (Å²) in [4.78, 5) is 0. The normalized spacial score (nSPS) is 24.9. The Morgan fingerprint density at radius 3 is 1.57 bits per heavy atom. The van der Waals surface area contributed by atoms with Gasteiger partial charge in [-0.15, -0.1) is 0 Å². The number of benzene rings is 2. The van der Waals surface area contributed by atoms with E-state index in [1.54, 1.807) is 0 Å². The molecule has 2 aromatic rings. The van der Waals surface area contributed by atoms with Gasteiger partial charge < -0.3 is 38.6 Å². The highest BCUT2D eigenvalue weighted by Gasteiger charge is 2.24. The number of hydrogen-bond acceptors (Lipinski definition) is 8. The molecule has 2 N–H and O–H groups in total. The maximum absolute atomic E-state index is 8.76. The Kier molecular flexibility index (Phi) is 17.2. The molecule has 46 heavy (non-hydrogen) atoms. The molecule has 2 aromatic carbocycles. The lowest BCUT2D eigenvalue weighted by Crippen LogP contribution is -2.24. The highest BCUT2D eigenvalue weighted by Crippen LogP contribution is 2.36. The van der Waals surface area contributed by atoms with Crippen molar-refractivity contribution >= 4 is 0 Å². The van der Waals surface area contributed by atoms with Crippen LogP contribution < -0.4 is 9.47 Å². The Morgan fingerprint density at radius 1 is 0.565 bits per heavy atom. The predicted molar refractivity (Wildman–Crippen MR) is 180 cm³/mol. The number of ether oxygens (including phenoxy) is 6. The molecule has 0 spiro atoms. The van der Waals surface area contributed by atoms with Crippen LogP contribution in [-0.2, 0) is 18.9 Å². The van der Waals surface area contributed by atoms with Gasteiger partial charge in [-0.1, -0.05) is 31.2 Å². The first kappa shape index (κ1) is 36.6. The molecule has 0 amide bonds. The molecule has 5 rings (SSSR count). The van der Waals surface area contributed by atoms with Crippen LogP contribution in [0.4, 0.5) is 0 Å². The average Bonchev–Trinajstić information content (AvgIpc) is 3.12. The van der Waals surface area contributed by atoms with E-state index in [1.165, 1.54) is 43.2 Å². The van der Waals surface area contributed by atoms with Crippen LogP contribution in [0.25, 0.3) is 0 Å².